The standard InChI is InChI=1S/C27H31Cl2N3O3/c1-4-27-12-11-20(19-10-7-17(13-21(19)29)25-32-31-22(35-25)14-34-3)23(16-5-8-18(28)9-6-16)24(27)15(2)30-26(27)33/h5-10,13,15,20,22-24,31H,4,11-12,14H2,1-3H3,(H,30,33)/t15-,20+,22?,23+,24+,27-/m1/s1. The lowest BCUT2D eigenvalue weighted by molar-refractivity contribution is -0.131. The molecule has 2 fully saturated rings. The molecular formula is C27H31Cl2N3O3. The Balaban J connectivity index is 1.52. The van der Waals surface area contributed by atoms with Crippen LogP contribution in [0.4, 0.5) is 0 Å². The maximum Gasteiger partial charge on any atom is 0.240 e. The highest BCUT2D eigenvalue weighted by Crippen LogP contribution is 2.60. The van der Waals surface area contributed by atoms with E-state index in [-0.39, 0.29) is 41.3 Å². The molecule has 5 rings (SSSR count). The molecule has 6 nitrogen and oxygen atoms in total. The smallest absolute Gasteiger partial charge is 0.240 e. The molecule has 6 atom stereocenters. The average molecular weight is 516 g/mol. The Morgan fingerprint density at radius 1 is 1.20 bits per heavy atom. The summed E-state index contributed by atoms with van der Waals surface area (Å²) in [7, 11) is 1.62. The molecule has 2 heterocycles. The molecule has 1 saturated heterocycles. The van der Waals surface area contributed by atoms with E-state index < -0.39 is 0 Å². The van der Waals surface area contributed by atoms with Crippen molar-refractivity contribution < 1.29 is 14.3 Å². The van der Waals surface area contributed by atoms with Crippen molar-refractivity contribution in [3.05, 3.63) is 69.2 Å². The van der Waals surface area contributed by atoms with Crippen molar-refractivity contribution in [1.82, 2.24) is 10.7 Å². The summed E-state index contributed by atoms with van der Waals surface area (Å²) in [6.45, 7) is 4.67. The van der Waals surface area contributed by atoms with E-state index in [4.69, 9.17) is 32.7 Å². The molecule has 3 aliphatic rings. The lowest BCUT2D eigenvalue weighted by Crippen LogP contribution is -2.43. The van der Waals surface area contributed by atoms with Crippen molar-refractivity contribution in [2.45, 2.75) is 57.2 Å². The molecule has 2 aromatic rings. The van der Waals surface area contributed by atoms with Crippen LogP contribution in [-0.4, -0.2) is 37.8 Å². The molecule has 1 aliphatic carbocycles. The van der Waals surface area contributed by atoms with Crippen LogP contribution >= 0.6 is 23.2 Å². The Bertz CT molecular complexity index is 1140. The minimum atomic E-state index is -0.360. The summed E-state index contributed by atoms with van der Waals surface area (Å²) in [5, 5.41) is 8.94. The van der Waals surface area contributed by atoms with E-state index in [1.165, 1.54) is 5.56 Å². The first-order valence-corrected chi connectivity index (χ1v) is 13.0. The lowest BCUT2D eigenvalue weighted by Gasteiger charge is -2.47. The second-order valence-electron chi connectivity index (χ2n) is 9.86. The zero-order chi connectivity index (χ0) is 24.7. The largest absolute Gasteiger partial charge is 0.448 e. The first-order valence-electron chi connectivity index (χ1n) is 12.2. The maximum atomic E-state index is 13.2. The van der Waals surface area contributed by atoms with Gasteiger partial charge in [-0.25, -0.2) is 0 Å². The molecule has 35 heavy (non-hydrogen) atoms. The number of fused-ring (bicyclic) bond motifs is 1. The predicted octanol–water partition coefficient (Wildman–Crippen LogP) is 5.44. The van der Waals surface area contributed by atoms with E-state index in [2.05, 4.69) is 47.9 Å². The van der Waals surface area contributed by atoms with Gasteiger partial charge in [0.25, 0.3) is 0 Å². The summed E-state index contributed by atoms with van der Waals surface area (Å²) in [6.07, 6.45) is 2.24. The van der Waals surface area contributed by atoms with Crippen LogP contribution in [0.5, 0.6) is 0 Å². The summed E-state index contributed by atoms with van der Waals surface area (Å²) in [5.41, 5.74) is 5.67. The van der Waals surface area contributed by atoms with Crippen molar-refractivity contribution in [3.8, 4) is 0 Å². The Morgan fingerprint density at radius 2 is 1.97 bits per heavy atom. The topological polar surface area (TPSA) is 72.0 Å². The number of methoxy groups -OCH3 is 1. The van der Waals surface area contributed by atoms with E-state index in [1.54, 1.807) is 7.11 Å². The maximum absolute atomic E-state index is 13.2. The van der Waals surface area contributed by atoms with Crippen molar-refractivity contribution in [2.24, 2.45) is 16.4 Å². The quantitative estimate of drug-likeness (QED) is 0.537. The van der Waals surface area contributed by atoms with E-state index in [9.17, 15) is 4.79 Å². The van der Waals surface area contributed by atoms with Gasteiger partial charge in [0.2, 0.25) is 18.0 Å². The number of hydrazone groups is 1. The summed E-state index contributed by atoms with van der Waals surface area (Å²) < 4.78 is 11.0. The number of benzene rings is 2. The number of hydrogen-bond acceptors (Lipinski definition) is 5. The number of rotatable bonds is 6. The number of ether oxygens (including phenoxy) is 2. The van der Waals surface area contributed by atoms with Crippen molar-refractivity contribution in [3.63, 3.8) is 0 Å². The van der Waals surface area contributed by atoms with E-state index in [0.29, 0.717) is 22.5 Å². The van der Waals surface area contributed by atoms with Gasteiger partial charge in [-0.1, -0.05) is 48.3 Å². The fourth-order valence-electron chi connectivity index (χ4n) is 6.53. The second-order valence-corrected chi connectivity index (χ2v) is 10.7. The van der Waals surface area contributed by atoms with Gasteiger partial charge in [-0.05, 0) is 73.4 Å². The number of carbonyl (C=O) groups excluding carboxylic acids is 1. The Kier molecular flexibility index (Phi) is 6.73. The molecule has 1 saturated carbocycles. The highest BCUT2D eigenvalue weighted by molar-refractivity contribution is 6.32. The van der Waals surface area contributed by atoms with Crippen LogP contribution in [0.2, 0.25) is 10.0 Å². The molecule has 2 aromatic carbocycles. The minimum absolute atomic E-state index is 0.0778. The number of halogens is 2. The zero-order valence-corrected chi connectivity index (χ0v) is 21.7. The van der Waals surface area contributed by atoms with E-state index >= 15 is 0 Å². The third-order valence-corrected chi connectivity index (χ3v) is 8.70. The number of amides is 1. The van der Waals surface area contributed by atoms with Crippen LogP contribution in [0.15, 0.2) is 47.6 Å². The van der Waals surface area contributed by atoms with Crippen LogP contribution in [-0.2, 0) is 14.3 Å². The summed E-state index contributed by atoms with van der Waals surface area (Å²) in [5.74, 6) is 1.15. The van der Waals surface area contributed by atoms with Gasteiger partial charge in [0.1, 0.15) is 6.61 Å². The molecule has 0 spiro atoms. The van der Waals surface area contributed by atoms with E-state index in [1.807, 2.05) is 24.3 Å². The molecule has 2 aliphatic heterocycles. The van der Waals surface area contributed by atoms with Crippen molar-refractivity contribution in [2.75, 3.05) is 13.7 Å². The predicted molar refractivity (Wildman–Crippen MR) is 138 cm³/mol. The molecule has 0 bridgehead atoms. The Morgan fingerprint density at radius 3 is 2.66 bits per heavy atom. The van der Waals surface area contributed by atoms with Gasteiger partial charge in [-0.15, -0.1) is 5.10 Å². The van der Waals surface area contributed by atoms with Gasteiger partial charge in [0, 0.05) is 34.7 Å². The summed E-state index contributed by atoms with van der Waals surface area (Å²) >= 11 is 13.2. The van der Waals surface area contributed by atoms with Gasteiger partial charge >= 0.3 is 0 Å². The van der Waals surface area contributed by atoms with Crippen LogP contribution in [0.3, 0.4) is 0 Å². The van der Waals surface area contributed by atoms with Crippen LogP contribution in [0, 0.1) is 11.3 Å². The molecule has 8 heteroatoms. The number of nitrogens with one attached hydrogen (secondary N) is 2. The molecule has 1 unspecified atom stereocenters. The zero-order valence-electron chi connectivity index (χ0n) is 20.2. The van der Waals surface area contributed by atoms with Gasteiger partial charge in [-0.3, -0.25) is 10.2 Å². The van der Waals surface area contributed by atoms with Gasteiger partial charge in [0.15, 0.2) is 0 Å². The average Bonchev–Trinajstić information content (AvgIpc) is 3.42. The minimum Gasteiger partial charge on any atom is -0.448 e. The van der Waals surface area contributed by atoms with Crippen LogP contribution in [0.25, 0.3) is 0 Å². The summed E-state index contributed by atoms with van der Waals surface area (Å²) in [4.78, 5) is 13.2. The number of hydrogen-bond donors (Lipinski definition) is 2. The number of nitrogens with zero attached hydrogens (tertiary/aromatic N) is 1. The Labute approximate surface area is 216 Å². The highest BCUT2D eigenvalue weighted by atomic mass is 35.5. The molecule has 2 N–H and O–H groups in total. The SMILES string of the molecule is CC[C@@]12CC[C@@H](c3ccc(C4=NNC(COC)O4)cc3Cl)[C@H](c3ccc(Cl)cc3)[C@@H]1[C@@H](C)NC2=O. The normalized spacial score (nSPS) is 31.9. The number of carbonyl (C=O) groups is 1. The van der Waals surface area contributed by atoms with Crippen molar-refractivity contribution in [1.29, 1.82) is 0 Å². The van der Waals surface area contributed by atoms with Gasteiger partial charge < -0.3 is 14.8 Å². The van der Waals surface area contributed by atoms with Crippen LogP contribution < -0.4 is 10.7 Å². The van der Waals surface area contributed by atoms with Crippen molar-refractivity contribution >= 4 is 35.0 Å². The van der Waals surface area contributed by atoms with Gasteiger partial charge in [-0.2, -0.15) is 0 Å². The molecule has 1 amide bonds. The highest BCUT2D eigenvalue weighted by Gasteiger charge is 2.59. The molecular weight excluding hydrogens is 485 g/mol. The third kappa shape index (κ3) is 4.20. The summed E-state index contributed by atoms with van der Waals surface area (Å²) in [6, 6.07) is 14.2. The fraction of sp³-hybridized carbons (Fsp3) is 0.481. The second kappa shape index (κ2) is 9.64. The molecule has 0 radical (unpaired) electrons. The monoisotopic (exact) mass is 515 g/mol. The Hall–Kier alpha value is -2.28. The van der Waals surface area contributed by atoms with E-state index in [0.717, 1.165) is 30.4 Å². The molecule has 0 aromatic heterocycles. The van der Waals surface area contributed by atoms with Crippen LogP contribution in [0.1, 0.15) is 61.6 Å². The first-order chi connectivity index (χ1) is 16.9. The van der Waals surface area contributed by atoms with Gasteiger partial charge in [0.05, 0.1) is 5.41 Å². The third-order valence-electron chi connectivity index (χ3n) is 8.12. The fourth-order valence-corrected chi connectivity index (χ4v) is 6.98. The lowest BCUT2D eigenvalue weighted by atomic mass is 9.54. The molecule has 186 valence electrons. The first kappa shape index (κ1) is 24.4.